The number of aromatic nitrogens is 1. The summed E-state index contributed by atoms with van der Waals surface area (Å²) in [6.07, 6.45) is -8.15. The molecular weight excluding hydrogens is 550 g/mol. The molecule has 1 aliphatic rings. The summed E-state index contributed by atoms with van der Waals surface area (Å²) < 4.78 is 80.5. The normalized spacial score (nSPS) is 16.5. The van der Waals surface area contributed by atoms with E-state index in [4.69, 9.17) is 0 Å². The highest BCUT2D eigenvalue weighted by molar-refractivity contribution is 5.95. The van der Waals surface area contributed by atoms with Crippen LogP contribution in [0.5, 0.6) is 0 Å². The Morgan fingerprint density at radius 2 is 1.59 bits per heavy atom. The Balaban J connectivity index is 0.00000420. The molecule has 1 aliphatic heterocycles. The second kappa shape index (κ2) is 11.5. The number of hydrogen-bond donors (Lipinski definition) is 1. The van der Waals surface area contributed by atoms with Gasteiger partial charge in [0.1, 0.15) is 0 Å². The number of nitrogens with one attached hydrogen (secondary N) is 1. The number of benzene rings is 2. The molecule has 6 nitrogen and oxygen atoms in total. The number of hydrogen-bond acceptors (Lipinski definition) is 3. The quantitative estimate of drug-likeness (QED) is 0.431. The molecule has 0 spiro atoms. The first-order valence-electron chi connectivity index (χ1n) is 11.8. The Bertz CT molecular complexity index is 1310. The highest BCUT2D eigenvalue weighted by atomic mass is 35.5. The number of fused-ring (bicyclic) bond motifs is 1. The molecule has 1 atom stereocenters. The summed E-state index contributed by atoms with van der Waals surface area (Å²) in [5.41, 5.74) is -2.16. The molecule has 2 amide bonds. The molecule has 212 valence electrons. The largest absolute Gasteiger partial charge is 0.416 e. The summed E-state index contributed by atoms with van der Waals surface area (Å²) in [7, 11) is 3.46. The van der Waals surface area contributed by atoms with Gasteiger partial charge in [-0.2, -0.15) is 26.3 Å². The van der Waals surface area contributed by atoms with Crippen LogP contribution in [-0.2, 0) is 23.6 Å². The molecule has 13 heteroatoms. The lowest BCUT2D eigenvalue weighted by atomic mass is 9.98. The molecule has 1 fully saturated rings. The lowest BCUT2D eigenvalue weighted by Gasteiger charge is -2.42. The topological polar surface area (TPSA) is 59.7 Å². The van der Waals surface area contributed by atoms with Crippen molar-refractivity contribution in [2.75, 3.05) is 40.3 Å². The third-order valence-electron chi connectivity index (χ3n) is 6.51. The second-order valence-corrected chi connectivity index (χ2v) is 9.59. The number of nitrogens with zero attached hydrogens (tertiary/aromatic N) is 3. The van der Waals surface area contributed by atoms with Gasteiger partial charge in [-0.3, -0.25) is 9.59 Å². The van der Waals surface area contributed by atoms with E-state index in [0.717, 1.165) is 16.5 Å². The molecule has 0 saturated carbocycles. The van der Waals surface area contributed by atoms with Crippen LogP contribution >= 0.6 is 12.4 Å². The Hall–Kier alpha value is -3.25. The van der Waals surface area contributed by atoms with Gasteiger partial charge in [0.05, 0.1) is 23.7 Å². The van der Waals surface area contributed by atoms with Crippen molar-refractivity contribution in [2.45, 2.75) is 24.8 Å². The van der Waals surface area contributed by atoms with Gasteiger partial charge in [0, 0.05) is 42.3 Å². The summed E-state index contributed by atoms with van der Waals surface area (Å²) in [6, 6.07) is 7.62. The Morgan fingerprint density at radius 3 is 2.18 bits per heavy atom. The minimum Gasteiger partial charge on any atom is -0.361 e. The number of para-hydroxylation sites is 1. The van der Waals surface area contributed by atoms with Crippen LogP contribution in [-0.4, -0.2) is 77.8 Å². The van der Waals surface area contributed by atoms with Gasteiger partial charge >= 0.3 is 12.4 Å². The molecule has 2 heterocycles. The highest BCUT2D eigenvalue weighted by Gasteiger charge is 2.39. The minimum absolute atomic E-state index is 0. The maximum Gasteiger partial charge on any atom is 0.416 e. The molecule has 2 aromatic carbocycles. The van der Waals surface area contributed by atoms with Gasteiger partial charge in [0.2, 0.25) is 5.91 Å². The standard InChI is InChI=1S/C26H26F6N4O2.ClH/c1-34(2)15-23(37)35-7-8-36(20(14-35)11-17-13-33-22-6-4-3-5-21(17)22)24(38)16-9-18(25(27,28)29)12-19(10-16)26(30,31)32;/h3-6,9-10,12-13,20,33H,7-8,11,14-15H2,1-2H3;1H. The summed E-state index contributed by atoms with van der Waals surface area (Å²) in [5, 5.41) is 0.870. The number of likely N-dealkylation sites (N-methyl/N-ethyl adjacent to an activating group) is 1. The molecule has 3 aromatic rings. The van der Waals surface area contributed by atoms with E-state index in [-0.39, 0.29) is 57.0 Å². The number of H-pyrrole nitrogens is 1. The smallest absolute Gasteiger partial charge is 0.361 e. The summed E-state index contributed by atoms with van der Waals surface area (Å²) in [4.78, 5) is 33.9. The molecule has 1 aromatic heterocycles. The van der Waals surface area contributed by atoms with Gasteiger partial charge in [0.25, 0.3) is 5.91 Å². The van der Waals surface area contributed by atoms with Crippen molar-refractivity contribution >= 4 is 35.1 Å². The highest BCUT2D eigenvalue weighted by Crippen LogP contribution is 2.37. The number of carbonyl (C=O) groups excluding carboxylic acids is 2. The van der Waals surface area contributed by atoms with E-state index in [9.17, 15) is 35.9 Å². The Kier molecular flexibility index (Phi) is 8.91. The fourth-order valence-corrected chi connectivity index (χ4v) is 4.69. The van der Waals surface area contributed by atoms with Crippen LogP contribution in [0.3, 0.4) is 0 Å². The van der Waals surface area contributed by atoms with E-state index in [1.54, 1.807) is 30.1 Å². The maximum atomic E-state index is 13.5. The van der Waals surface area contributed by atoms with E-state index in [2.05, 4.69) is 4.98 Å². The molecule has 0 radical (unpaired) electrons. The van der Waals surface area contributed by atoms with Crippen LogP contribution in [0, 0.1) is 0 Å². The van der Waals surface area contributed by atoms with Gasteiger partial charge in [-0.05, 0) is 50.3 Å². The number of halogens is 7. The van der Waals surface area contributed by atoms with Crippen LogP contribution in [0.2, 0.25) is 0 Å². The first kappa shape index (κ1) is 30.3. The third kappa shape index (κ3) is 6.85. The molecule has 1 saturated heterocycles. The van der Waals surface area contributed by atoms with E-state index < -0.39 is 41.0 Å². The van der Waals surface area contributed by atoms with Crippen LogP contribution in [0.15, 0.2) is 48.7 Å². The molecule has 0 aliphatic carbocycles. The fourth-order valence-electron chi connectivity index (χ4n) is 4.69. The molecule has 4 rings (SSSR count). The molecule has 0 bridgehead atoms. The lowest BCUT2D eigenvalue weighted by Crippen LogP contribution is -2.58. The lowest BCUT2D eigenvalue weighted by molar-refractivity contribution is -0.143. The minimum atomic E-state index is -5.07. The van der Waals surface area contributed by atoms with Crippen LogP contribution < -0.4 is 0 Å². The van der Waals surface area contributed by atoms with Crippen molar-refractivity contribution in [1.82, 2.24) is 19.7 Å². The zero-order valence-electron chi connectivity index (χ0n) is 21.1. The van der Waals surface area contributed by atoms with Gasteiger partial charge in [-0.15, -0.1) is 12.4 Å². The average Bonchev–Trinajstić information content (AvgIpc) is 3.24. The molecule has 39 heavy (non-hydrogen) atoms. The fraction of sp³-hybridized carbons (Fsp3) is 0.385. The molecule has 1 unspecified atom stereocenters. The molecular formula is C26H27ClF6N4O2. The monoisotopic (exact) mass is 576 g/mol. The van der Waals surface area contributed by atoms with Crippen LogP contribution in [0.25, 0.3) is 10.9 Å². The van der Waals surface area contributed by atoms with Crippen molar-refractivity contribution in [3.63, 3.8) is 0 Å². The number of aromatic amines is 1. The Labute approximate surface area is 227 Å². The maximum absolute atomic E-state index is 13.5. The van der Waals surface area contributed by atoms with E-state index in [1.807, 2.05) is 24.3 Å². The van der Waals surface area contributed by atoms with Crippen molar-refractivity contribution in [3.8, 4) is 0 Å². The van der Waals surface area contributed by atoms with E-state index in [0.29, 0.717) is 12.1 Å². The van der Waals surface area contributed by atoms with E-state index >= 15 is 0 Å². The molecule has 1 N–H and O–H groups in total. The third-order valence-corrected chi connectivity index (χ3v) is 6.51. The average molecular weight is 577 g/mol. The number of amides is 2. The predicted octanol–water partition coefficient (Wildman–Crippen LogP) is 5.08. The summed E-state index contributed by atoms with van der Waals surface area (Å²) >= 11 is 0. The predicted molar refractivity (Wildman–Crippen MR) is 136 cm³/mol. The first-order valence-corrected chi connectivity index (χ1v) is 11.8. The summed E-state index contributed by atoms with van der Waals surface area (Å²) in [6.45, 7) is 0.274. The van der Waals surface area contributed by atoms with Crippen molar-refractivity contribution < 1.29 is 35.9 Å². The summed E-state index contributed by atoms with van der Waals surface area (Å²) in [5.74, 6) is -1.14. The number of rotatable bonds is 5. The van der Waals surface area contributed by atoms with E-state index in [1.165, 1.54) is 4.90 Å². The van der Waals surface area contributed by atoms with Crippen molar-refractivity contribution in [3.05, 3.63) is 70.9 Å². The number of piperazine rings is 1. The van der Waals surface area contributed by atoms with Crippen molar-refractivity contribution in [1.29, 1.82) is 0 Å². The van der Waals surface area contributed by atoms with Gasteiger partial charge in [-0.25, -0.2) is 0 Å². The number of carbonyl (C=O) groups is 2. The Morgan fingerprint density at radius 1 is 0.974 bits per heavy atom. The van der Waals surface area contributed by atoms with Crippen LogP contribution in [0.1, 0.15) is 27.0 Å². The van der Waals surface area contributed by atoms with Crippen molar-refractivity contribution in [2.24, 2.45) is 0 Å². The zero-order valence-corrected chi connectivity index (χ0v) is 21.9. The first-order chi connectivity index (χ1) is 17.7. The van der Waals surface area contributed by atoms with Crippen LogP contribution in [0.4, 0.5) is 26.3 Å². The number of alkyl halides is 6. The zero-order chi connectivity index (χ0) is 27.8. The van der Waals surface area contributed by atoms with Gasteiger partial charge in [0.15, 0.2) is 0 Å². The van der Waals surface area contributed by atoms with Gasteiger partial charge < -0.3 is 19.7 Å². The SMILES string of the molecule is CN(C)CC(=O)N1CCN(C(=O)c2cc(C(F)(F)F)cc(C(F)(F)F)c2)C(Cc2c[nH]c3ccccc23)C1.Cl. The second-order valence-electron chi connectivity index (χ2n) is 9.59. The van der Waals surface area contributed by atoms with Gasteiger partial charge in [-0.1, -0.05) is 18.2 Å².